The Morgan fingerprint density at radius 2 is 1.04 bits per heavy atom. The van der Waals surface area contributed by atoms with Gasteiger partial charge in [-0.1, -0.05) is 0 Å². The smallest absolute Gasteiger partial charge is 1.00 e. The van der Waals surface area contributed by atoms with Crippen molar-refractivity contribution < 1.29 is 46.1 Å². The fourth-order valence-corrected chi connectivity index (χ4v) is 21.7. The van der Waals surface area contributed by atoms with Crippen LogP contribution in [0, 0.1) is 23.2 Å². The monoisotopic (exact) mass is 816 g/mol. The summed E-state index contributed by atoms with van der Waals surface area (Å²) in [5, 5.41) is 0. The molecule has 53 heavy (non-hydrogen) atoms. The summed E-state index contributed by atoms with van der Waals surface area (Å²) in [6.07, 6.45) is 12.6. The molecule has 0 N–H and O–H groups in total. The summed E-state index contributed by atoms with van der Waals surface area (Å²) in [5.74, 6) is 2.82. The van der Waals surface area contributed by atoms with Crippen molar-refractivity contribution in [3.05, 3.63) is 151 Å². The molecule has 0 nitrogen and oxygen atoms in total. The molecule has 0 aliphatic heterocycles. The van der Waals surface area contributed by atoms with Gasteiger partial charge in [0.15, 0.2) is 0 Å². The predicted molar refractivity (Wildman–Crippen MR) is 213 cm³/mol. The number of rotatable bonds is 5. The van der Waals surface area contributed by atoms with Crippen molar-refractivity contribution in [3.63, 3.8) is 0 Å². The predicted octanol–water partition coefficient (Wildman–Crippen LogP) is 7.07. The van der Waals surface area contributed by atoms with Gasteiger partial charge in [0.2, 0.25) is 0 Å². The quantitative estimate of drug-likeness (QED) is 0.203. The van der Waals surface area contributed by atoms with Crippen molar-refractivity contribution in [1.82, 2.24) is 0 Å². The Morgan fingerprint density at radius 1 is 0.604 bits per heavy atom. The first-order chi connectivity index (χ1) is 24.4. The molecule has 4 aromatic carbocycles. The van der Waals surface area contributed by atoms with E-state index in [0.717, 1.165) is 24.2 Å². The standard InChI is InChI=1S/C21H25.C16H21.C13H10.2ClH.Zr/c1-20(2,3)16-7-9-18-14(12-16)11-15-13-17(21(4,5)6)8-10-19(15)18;1-11-3-2-4-15(11)16-8-12-5-13(9-16)7-14(6-12)10-16;1-3-7-12(8-4-1)11-13-9-5-2-6-10-13;;;/h7-13H,1-6H3;3,12-14H,2,5-10H2,1H3;1-10H;2*1H;/q;;;;;+2/p-2. The molecular formula is C50H56Cl2Zr. The van der Waals surface area contributed by atoms with Crippen LogP contribution in [0.3, 0.4) is 0 Å². The van der Waals surface area contributed by atoms with Gasteiger partial charge in [0.05, 0.1) is 0 Å². The summed E-state index contributed by atoms with van der Waals surface area (Å²) < 4.78 is 4.05. The van der Waals surface area contributed by atoms with Crippen LogP contribution >= 0.6 is 0 Å². The molecule has 6 aliphatic carbocycles. The molecule has 0 spiro atoms. The number of hydrogen-bond acceptors (Lipinski definition) is 0. The molecule has 0 saturated heterocycles. The Morgan fingerprint density at radius 3 is 1.45 bits per heavy atom. The number of benzene rings is 4. The second-order valence-electron chi connectivity index (χ2n) is 19.2. The third-order valence-corrected chi connectivity index (χ3v) is 22.0. The Labute approximate surface area is 340 Å². The van der Waals surface area contributed by atoms with Gasteiger partial charge in [-0.15, -0.1) is 0 Å². The van der Waals surface area contributed by atoms with Crippen LogP contribution in [-0.4, -0.2) is 3.21 Å². The van der Waals surface area contributed by atoms with E-state index in [2.05, 4.69) is 152 Å². The second kappa shape index (κ2) is 14.3. The van der Waals surface area contributed by atoms with Crippen molar-refractivity contribution in [2.45, 2.75) is 108 Å². The van der Waals surface area contributed by atoms with E-state index in [0.29, 0.717) is 9.04 Å². The molecule has 4 bridgehead atoms. The van der Waals surface area contributed by atoms with Gasteiger partial charge in [-0.05, 0) is 0 Å². The molecule has 0 amide bonds. The third-order valence-electron chi connectivity index (χ3n) is 13.6. The first-order valence-electron chi connectivity index (χ1n) is 19.9. The molecule has 274 valence electrons. The summed E-state index contributed by atoms with van der Waals surface area (Å²) in [5.41, 5.74) is 16.1. The summed E-state index contributed by atoms with van der Waals surface area (Å²) in [4.78, 5) is 0. The molecule has 4 aromatic rings. The minimum absolute atomic E-state index is 0. The molecular weight excluding hydrogens is 763 g/mol. The van der Waals surface area contributed by atoms with E-state index in [1.165, 1.54) is 71.9 Å². The maximum absolute atomic E-state index is 2.94. The van der Waals surface area contributed by atoms with E-state index in [1.54, 1.807) is 19.9 Å². The van der Waals surface area contributed by atoms with Gasteiger partial charge in [-0.2, -0.15) is 0 Å². The van der Waals surface area contributed by atoms with Gasteiger partial charge < -0.3 is 24.8 Å². The van der Waals surface area contributed by atoms with E-state index >= 15 is 0 Å². The average Bonchev–Trinajstić information content (AvgIpc) is 3.64. The van der Waals surface area contributed by atoms with Crippen LogP contribution in [0.5, 0.6) is 0 Å². The van der Waals surface area contributed by atoms with Gasteiger partial charge >= 0.3 is 318 Å². The van der Waals surface area contributed by atoms with Crippen LogP contribution in [-0.2, 0) is 32.1 Å². The van der Waals surface area contributed by atoms with Gasteiger partial charge in [-0.25, -0.2) is 0 Å². The zero-order valence-electron chi connectivity index (χ0n) is 32.8. The topological polar surface area (TPSA) is 0 Å². The first kappa shape index (κ1) is 38.9. The van der Waals surface area contributed by atoms with Gasteiger partial charge in [0.25, 0.3) is 0 Å². The Hall–Kier alpha value is -2.31. The fourth-order valence-electron chi connectivity index (χ4n) is 11.8. The van der Waals surface area contributed by atoms with E-state index in [4.69, 9.17) is 0 Å². The van der Waals surface area contributed by atoms with Crippen molar-refractivity contribution >= 4 is 3.21 Å². The fraction of sp³-hybridized carbons (Fsp3) is 0.420. The molecule has 10 rings (SSSR count). The van der Waals surface area contributed by atoms with Crippen molar-refractivity contribution in [3.8, 4) is 11.1 Å². The van der Waals surface area contributed by atoms with E-state index in [1.807, 2.05) is 8.85 Å². The third kappa shape index (κ3) is 6.72. The normalized spacial score (nSPS) is 24.1. The van der Waals surface area contributed by atoms with Crippen molar-refractivity contribution in [1.29, 1.82) is 0 Å². The molecule has 6 aliphatic rings. The van der Waals surface area contributed by atoms with E-state index in [-0.39, 0.29) is 35.6 Å². The van der Waals surface area contributed by atoms with Crippen LogP contribution in [0.4, 0.5) is 0 Å². The van der Waals surface area contributed by atoms with Crippen LogP contribution in [0.15, 0.2) is 118 Å². The first-order valence-corrected chi connectivity index (χ1v) is 23.8. The zero-order chi connectivity index (χ0) is 35.3. The molecule has 4 fully saturated rings. The van der Waals surface area contributed by atoms with E-state index in [9.17, 15) is 0 Å². The Kier molecular flexibility index (Phi) is 10.5. The van der Waals surface area contributed by atoms with Crippen LogP contribution in [0.25, 0.3) is 11.1 Å². The van der Waals surface area contributed by atoms with E-state index < -0.39 is 21.3 Å². The minimum Gasteiger partial charge on any atom is -1.00 e. The Balaban J connectivity index is 0.00000218. The summed E-state index contributed by atoms with van der Waals surface area (Å²) >= 11 is -2.94. The Bertz CT molecular complexity index is 1980. The van der Waals surface area contributed by atoms with Gasteiger partial charge in [0.1, 0.15) is 0 Å². The molecule has 0 radical (unpaired) electrons. The molecule has 3 heteroatoms. The van der Waals surface area contributed by atoms with Crippen LogP contribution in [0.2, 0.25) is 0 Å². The maximum Gasteiger partial charge on any atom is -1.00 e. The second-order valence-corrected chi connectivity index (χ2v) is 25.4. The summed E-state index contributed by atoms with van der Waals surface area (Å²) in [7, 11) is 0. The molecule has 0 atom stereocenters. The minimum atomic E-state index is -2.94. The van der Waals surface area contributed by atoms with Gasteiger partial charge in [-0.3, -0.25) is 0 Å². The summed E-state index contributed by atoms with van der Waals surface area (Å²) in [6, 6.07) is 38.6. The molecule has 0 heterocycles. The maximum atomic E-state index is 2.69. The van der Waals surface area contributed by atoms with Crippen molar-refractivity contribution in [2.75, 3.05) is 0 Å². The summed E-state index contributed by atoms with van der Waals surface area (Å²) in [6.45, 7) is 16.9. The SMILES string of the molecule is CC1=CC[C]([Zr+2](=[C](c2ccccc2)c2ccccc2)[CH]2c3cc(C(C)(C)C)ccc3-c3ccc(C(C)(C)C)cc32)=C1C12CC3CC(CC(C3)C1)C2.[Cl-].[Cl-]. The average molecular weight is 819 g/mol. The number of fused-ring (bicyclic) bond motifs is 3. The van der Waals surface area contributed by atoms with Gasteiger partial charge in [0, 0.05) is 0 Å². The number of halogens is 2. The van der Waals surface area contributed by atoms with Crippen molar-refractivity contribution in [2.24, 2.45) is 23.2 Å². The van der Waals surface area contributed by atoms with Crippen LogP contribution in [0.1, 0.15) is 130 Å². The molecule has 0 unspecified atom stereocenters. The largest absolute Gasteiger partial charge is 1.00 e. The number of allylic oxidation sites excluding steroid dienone is 4. The zero-order valence-corrected chi connectivity index (χ0v) is 36.8. The number of hydrogen-bond donors (Lipinski definition) is 0. The van der Waals surface area contributed by atoms with Crippen LogP contribution < -0.4 is 24.8 Å². The molecule has 0 aromatic heterocycles. The molecule has 4 saturated carbocycles.